The fourth-order valence-corrected chi connectivity index (χ4v) is 1.85. The molecule has 0 bridgehead atoms. The second-order valence-corrected chi connectivity index (χ2v) is 5.44. The second kappa shape index (κ2) is 7.77. The van der Waals surface area contributed by atoms with Crippen molar-refractivity contribution in [2.75, 3.05) is 5.32 Å². The van der Waals surface area contributed by atoms with Gasteiger partial charge in [-0.2, -0.15) is 0 Å². The number of nitrogens with two attached hydrogens (primary N) is 1. The zero-order chi connectivity index (χ0) is 15.9. The third kappa shape index (κ3) is 5.35. The SMILES string of the molecule is CC(N)CCC(=O)Nc1ccc(Oc2ccc(Cl)cc2)nc1. The van der Waals surface area contributed by atoms with Gasteiger partial charge in [0.2, 0.25) is 11.8 Å². The highest BCUT2D eigenvalue weighted by Gasteiger charge is 2.05. The first kappa shape index (κ1) is 16.3. The van der Waals surface area contributed by atoms with Crippen LogP contribution in [0.5, 0.6) is 11.6 Å². The maximum absolute atomic E-state index is 11.7. The molecule has 1 aromatic heterocycles. The summed E-state index contributed by atoms with van der Waals surface area (Å²) in [6, 6.07) is 10.4. The minimum absolute atomic E-state index is 0.0130. The summed E-state index contributed by atoms with van der Waals surface area (Å²) < 4.78 is 5.57. The lowest BCUT2D eigenvalue weighted by molar-refractivity contribution is -0.116. The Balaban J connectivity index is 1.90. The monoisotopic (exact) mass is 319 g/mol. The minimum Gasteiger partial charge on any atom is -0.439 e. The maximum atomic E-state index is 11.7. The Morgan fingerprint density at radius 2 is 2.05 bits per heavy atom. The molecule has 1 aromatic carbocycles. The van der Waals surface area contributed by atoms with E-state index in [0.717, 1.165) is 0 Å². The highest BCUT2D eigenvalue weighted by Crippen LogP contribution is 2.22. The average Bonchev–Trinajstić information content (AvgIpc) is 2.49. The minimum atomic E-state index is -0.0783. The van der Waals surface area contributed by atoms with Gasteiger partial charge in [0.1, 0.15) is 5.75 Å². The number of nitrogens with zero attached hydrogens (tertiary/aromatic N) is 1. The number of carbonyl (C=O) groups is 1. The number of rotatable bonds is 6. The van der Waals surface area contributed by atoms with Crippen molar-refractivity contribution < 1.29 is 9.53 Å². The summed E-state index contributed by atoms with van der Waals surface area (Å²) in [5.41, 5.74) is 6.24. The van der Waals surface area contributed by atoms with Gasteiger partial charge in [-0.05, 0) is 43.7 Å². The molecule has 0 saturated heterocycles. The first-order valence-electron chi connectivity index (χ1n) is 6.98. The van der Waals surface area contributed by atoms with Crippen molar-refractivity contribution in [1.82, 2.24) is 4.98 Å². The Morgan fingerprint density at radius 3 is 2.64 bits per heavy atom. The van der Waals surface area contributed by atoms with Crippen molar-refractivity contribution in [2.45, 2.75) is 25.8 Å². The highest BCUT2D eigenvalue weighted by molar-refractivity contribution is 6.30. The first-order chi connectivity index (χ1) is 10.5. The molecular weight excluding hydrogens is 302 g/mol. The average molecular weight is 320 g/mol. The molecule has 1 amide bonds. The van der Waals surface area contributed by atoms with E-state index >= 15 is 0 Å². The van der Waals surface area contributed by atoms with Gasteiger partial charge in [-0.25, -0.2) is 4.98 Å². The standard InChI is InChI=1S/C16H18ClN3O2/c1-11(18)2-8-15(21)20-13-5-9-16(19-10-13)22-14-6-3-12(17)4-7-14/h3-7,9-11H,2,8,18H2,1H3,(H,20,21). The molecule has 3 N–H and O–H groups in total. The topological polar surface area (TPSA) is 77.2 Å². The summed E-state index contributed by atoms with van der Waals surface area (Å²) in [4.78, 5) is 15.8. The van der Waals surface area contributed by atoms with Crippen LogP contribution in [-0.2, 0) is 4.79 Å². The van der Waals surface area contributed by atoms with Gasteiger partial charge >= 0.3 is 0 Å². The number of aromatic nitrogens is 1. The molecule has 0 aliphatic rings. The van der Waals surface area contributed by atoms with Crippen LogP contribution in [0.2, 0.25) is 5.02 Å². The van der Waals surface area contributed by atoms with Crippen molar-refractivity contribution in [3.05, 3.63) is 47.6 Å². The number of benzene rings is 1. The molecule has 22 heavy (non-hydrogen) atoms. The molecule has 116 valence electrons. The van der Waals surface area contributed by atoms with Gasteiger partial charge in [0.15, 0.2) is 0 Å². The van der Waals surface area contributed by atoms with Crippen LogP contribution < -0.4 is 15.8 Å². The first-order valence-corrected chi connectivity index (χ1v) is 7.35. The smallest absolute Gasteiger partial charge is 0.224 e. The largest absolute Gasteiger partial charge is 0.439 e. The lowest BCUT2D eigenvalue weighted by Gasteiger charge is -2.08. The van der Waals surface area contributed by atoms with E-state index in [9.17, 15) is 4.79 Å². The zero-order valence-corrected chi connectivity index (χ0v) is 13.0. The summed E-state index contributed by atoms with van der Waals surface area (Å²) in [6.07, 6.45) is 2.59. The Kier molecular flexibility index (Phi) is 5.75. The van der Waals surface area contributed by atoms with Gasteiger partial charge in [-0.1, -0.05) is 11.6 Å². The number of hydrogen-bond acceptors (Lipinski definition) is 4. The van der Waals surface area contributed by atoms with Gasteiger partial charge in [0.25, 0.3) is 0 Å². The fraction of sp³-hybridized carbons (Fsp3) is 0.250. The summed E-state index contributed by atoms with van der Waals surface area (Å²) in [5.74, 6) is 1.01. The molecule has 0 spiro atoms. The lowest BCUT2D eigenvalue weighted by Crippen LogP contribution is -2.19. The van der Waals surface area contributed by atoms with Crippen LogP contribution in [-0.4, -0.2) is 16.9 Å². The molecular formula is C16H18ClN3O2. The van der Waals surface area contributed by atoms with Crippen molar-refractivity contribution in [3.8, 4) is 11.6 Å². The number of anilines is 1. The molecule has 0 aliphatic carbocycles. The molecule has 2 rings (SSSR count). The van der Waals surface area contributed by atoms with Crippen LogP contribution in [0, 0.1) is 0 Å². The Labute approximate surface area is 134 Å². The van der Waals surface area contributed by atoms with E-state index in [1.807, 2.05) is 6.92 Å². The number of carbonyl (C=O) groups excluding carboxylic acids is 1. The van der Waals surface area contributed by atoms with Crippen LogP contribution in [0.25, 0.3) is 0 Å². The van der Waals surface area contributed by atoms with Gasteiger partial charge < -0.3 is 15.8 Å². The Hall–Kier alpha value is -2.11. The summed E-state index contributed by atoms with van der Waals surface area (Å²) >= 11 is 5.81. The lowest BCUT2D eigenvalue weighted by atomic mass is 10.2. The number of hydrogen-bond donors (Lipinski definition) is 2. The molecule has 0 saturated carbocycles. The predicted molar refractivity (Wildman–Crippen MR) is 87.3 cm³/mol. The van der Waals surface area contributed by atoms with Crippen molar-refractivity contribution in [1.29, 1.82) is 0 Å². The van der Waals surface area contributed by atoms with Crippen LogP contribution >= 0.6 is 11.6 Å². The van der Waals surface area contributed by atoms with Gasteiger partial charge in [-0.15, -0.1) is 0 Å². The van der Waals surface area contributed by atoms with Gasteiger partial charge in [0.05, 0.1) is 11.9 Å². The van der Waals surface area contributed by atoms with Crippen LogP contribution in [0.1, 0.15) is 19.8 Å². The van der Waals surface area contributed by atoms with E-state index in [2.05, 4.69) is 10.3 Å². The van der Waals surface area contributed by atoms with E-state index in [-0.39, 0.29) is 11.9 Å². The third-order valence-corrected chi connectivity index (χ3v) is 3.13. The molecule has 0 aliphatic heterocycles. The normalized spacial score (nSPS) is 11.8. The number of halogens is 1. The van der Waals surface area contributed by atoms with Crippen LogP contribution in [0.15, 0.2) is 42.6 Å². The molecule has 1 unspecified atom stereocenters. The highest BCUT2D eigenvalue weighted by atomic mass is 35.5. The maximum Gasteiger partial charge on any atom is 0.224 e. The van der Waals surface area contributed by atoms with Crippen molar-refractivity contribution in [2.24, 2.45) is 5.73 Å². The predicted octanol–water partition coefficient (Wildman–Crippen LogP) is 3.59. The fourth-order valence-electron chi connectivity index (χ4n) is 1.72. The van der Waals surface area contributed by atoms with E-state index < -0.39 is 0 Å². The molecule has 1 heterocycles. The molecule has 5 nitrogen and oxygen atoms in total. The van der Waals surface area contributed by atoms with Crippen LogP contribution in [0.3, 0.4) is 0 Å². The number of amides is 1. The number of pyridine rings is 1. The van der Waals surface area contributed by atoms with E-state index in [4.69, 9.17) is 22.1 Å². The molecule has 1 atom stereocenters. The van der Waals surface area contributed by atoms with E-state index in [1.54, 1.807) is 42.6 Å². The van der Waals surface area contributed by atoms with Crippen molar-refractivity contribution >= 4 is 23.2 Å². The molecule has 0 radical (unpaired) electrons. The third-order valence-electron chi connectivity index (χ3n) is 2.88. The van der Waals surface area contributed by atoms with E-state index in [0.29, 0.717) is 35.2 Å². The van der Waals surface area contributed by atoms with Crippen LogP contribution in [0.4, 0.5) is 5.69 Å². The molecule has 6 heteroatoms. The quantitative estimate of drug-likeness (QED) is 0.853. The number of ether oxygens (including phenoxy) is 1. The summed E-state index contributed by atoms with van der Waals surface area (Å²) in [7, 11) is 0. The van der Waals surface area contributed by atoms with Gasteiger partial charge in [-0.3, -0.25) is 4.79 Å². The van der Waals surface area contributed by atoms with E-state index in [1.165, 1.54) is 0 Å². The zero-order valence-electron chi connectivity index (χ0n) is 12.3. The molecule has 2 aromatic rings. The van der Waals surface area contributed by atoms with Gasteiger partial charge in [0, 0.05) is 23.6 Å². The summed E-state index contributed by atoms with van der Waals surface area (Å²) in [6.45, 7) is 1.87. The number of nitrogens with one attached hydrogen (secondary N) is 1. The summed E-state index contributed by atoms with van der Waals surface area (Å²) in [5, 5.41) is 3.41. The molecule has 0 fully saturated rings. The second-order valence-electron chi connectivity index (χ2n) is 5.01. The Bertz CT molecular complexity index is 612. The Morgan fingerprint density at radius 1 is 1.32 bits per heavy atom. The van der Waals surface area contributed by atoms with Crippen molar-refractivity contribution in [3.63, 3.8) is 0 Å².